The molecule has 146 valence electrons. The normalized spacial score (nSPS) is 12.7. The van der Waals surface area contributed by atoms with E-state index in [2.05, 4.69) is 26.6 Å². The average Bonchev–Trinajstić information content (AvgIpc) is 2.68. The van der Waals surface area contributed by atoms with Crippen LogP contribution in [0.5, 0.6) is 5.75 Å². The lowest BCUT2D eigenvalue weighted by Gasteiger charge is -2.27. The first-order valence-corrected chi connectivity index (χ1v) is 9.04. The number of aliphatic imine (C=N–C) groups is 1. The van der Waals surface area contributed by atoms with Crippen molar-refractivity contribution in [2.24, 2.45) is 4.99 Å². The number of benzene rings is 2. The van der Waals surface area contributed by atoms with E-state index in [9.17, 15) is 4.39 Å². The van der Waals surface area contributed by atoms with Crippen LogP contribution in [0.1, 0.15) is 17.2 Å². The van der Waals surface area contributed by atoms with E-state index >= 15 is 0 Å². The van der Waals surface area contributed by atoms with Crippen molar-refractivity contribution in [2.75, 3.05) is 41.3 Å². The molecule has 0 saturated heterocycles. The van der Waals surface area contributed by atoms with E-state index in [-0.39, 0.29) is 11.9 Å². The summed E-state index contributed by atoms with van der Waals surface area (Å²) < 4.78 is 19.2. The first-order chi connectivity index (χ1) is 13.1. The minimum absolute atomic E-state index is 0.117. The van der Waals surface area contributed by atoms with Gasteiger partial charge in [-0.15, -0.1) is 0 Å². The topological polar surface area (TPSA) is 48.9 Å². The van der Waals surface area contributed by atoms with Gasteiger partial charge in [0.2, 0.25) is 0 Å². The summed E-state index contributed by atoms with van der Waals surface area (Å²) in [5.41, 5.74) is 1.81. The molecule has 5 nitrogen and oxygen atoms in total. The second-order valence-corrected chi connectivity index (χ2v) is 6.44. The number of halogens is 1. The molecule has 0 aromatic heterocycles. The molecule has 0 fully saturated rings. The van der Waals surface area contributed by atoms with Gasteiger partial charge in [0.05, 0.1) is 13.2 Å². The van der Waals surface area contributed by atoms with Crippen molar-refractivity contribution in [3.63, 3.8) is 0 Å². The van der Waals surface area contributed by atoms with E-state index in [4.69, 9.17) is 4.74 Å². The van der Waals surface area contributed by atoms with Crippen LogP contribution in [-0.2, 0) is 6.42 Å². The third kappa shape index (κ3) is 5.96. The van der Waals surface area contributed by atoms with Crippen molar-refractivity contribution in [3.05, 3.63) is 65.5 Å². The van der Waals surface area contributed by atoms with Gasteiger partial charge in [-0.3, -0.25) is 4.99 Å². The standard InChI is InChI=1S/C21H29FN4O/c1-23-21(24-14-13-16-9-5-7-11-18(16)22)25-15-19(26(2)3)17-10-6-8-12-20(17)27-4/h5-12,19H,13-15H2,1-4H3,(H2,23,24,25). The highest BCUT2D eigenvalue weighted by molar-refractivity contribution is 5.79. The SMILES string of the molecule is CN=C(NCCc1ccccc1F)NCC(c1ccccc1OC)N(C)C. The van der Waals surface area contributed by atoms with Crippen molar-refractivity contribution >= 4 is 5.96 Å². The molecule has 2 rings (SSSR count). The summed E-state index contributed by atoms with van der Waals surface area (Å²) in [6.45, 7) is 1.26. The Morgan fingerprint density at radius 1 is 1.11 bits per heavy atom. The maximum absolute atomic E-state index is 13.7. The van der Waals surface area contributed by atoms with Gasteiger partial charge in [-0.2, -0.15) is 0 Å². The Balaban J connectivity index is 1.93. The molecule has 2 aromatic rings. The summed E-state index contributed by atoms with van der Waals surface area (Å²) in [6, 6.07) is 15.0. The molecule has 0 amide bonds. The van der Waals surface area contributed by atoms with Crippen LogP contribution in [0.3, 0.4) is 0 Å². The van der Waals surface area contributed by atoms with Crippen LogP contribution >= 0.6 is 0 Å². The van der Waals surface area contributed by atoms with Crippen molar-refractivity contribution < 1.29 is 9.13 Å². The predicted octanol–water partition coefficient (Wildman–Crippen LogP) is 2.84. The van der Waals surface area contributed by atoms with E-state index < -0.39 is 0 Å². The number of nitrogens with zero attached hydrogens (tertiary/aromatic N) is 2. The molecular formula is C21H29FN4O. The summed E-state index contributed by atoms with van der Waals surface area (Å²) in [5.74, 6) is 1.37. The average molecular weight is 372 g/mol. The monoisotopic (exact) mass is 372 g/mol. The fourth-order valence-electron chi connectivity index (χ4n) is 2.94. The van der Waals surface area contributed by atoms with Gasteiger partial charge < -0.3 is 20.3 Å². The third-order valence-electron chi connectivity index (χ3n) is 4.45. The molecule has 0 spiro atoms. The van der Waals surface area contributed by atoms with Crippen LogP contribution in [0.25, 0.3) is 0 Å². The number of para-hydroxylation sites is 1. The van der Waals surface area contributed by atoms with E-state index in [0.717, 1.165) is 11.3 Å². The smallest absolute Gasteiger partial charge is 0.191 e. The minimum Gasteiger partial charge on any atom is -0.496 e. The molecule has 0 heterocycles. The zero-order valence-corrected chi connectivity index (χ0v) is 16.5. The zero-order chi connectivity index (χ0) is 19.6. The molecule has 6 heteroatoms. The quantitative estimate of drug-likeness (QED) is 0.553. The maximum Gasteiger partial charge on any atom is 0.191 e. The number of ether oxygens (including phenoxy) is 1. The second kappa shape index (κ2) is 10.5. The number of likely N-dealkylation sites (N-methyl/N-ethyl adjacent to an activating group) is 1. The highest BCUT2D eigenvalue weighted by atomic mass is 19.1. The molecular weight excluding hydrogens is 343 g/mol. The Bertz CT molecular complexity index is 748. The number of rotatable bonds is 8. The van der Waals surface area contributed by atoms with Gasteiger partial charge in [0.25, 0.3) is 0 Å². The van der Waals surface area contributed by atoms with Gasteiger partial charge in [0.15, 0.2) is 5.96 Å². The predicted molar refractivity (Wildman–Crippen MR) is 109 cm³/mol. The van der Waals surface area contributed by atoms with Crippen molar-refractivity contribution in [2.45, 2.75) is 12.5 Å². The second-order valence-electron chi connectivity index (χ2n) is 6.44. The Labute approximate surface area is 161 Å². The fourth-order valence-corrected chi connectivity index (χ4v) is 2.94. The van der Waals surface area contributed by atoms with Crippen LogP contribution in [-0.4, -0.2) is 52.2 Å². The maximum atomic E-state index is 13.7. The molecule has 27 heavy (non-hydrogen) atoms. The fraction of sp³-hybridized carbons (Fsp3) is 0.381. The van der Waals surface area contributed by atoms with Gasteiger partial charge in [0.1, 0.15) is 11.6 Å². The summed E-state index contributed by atoms with van der Waals surface area (Å²) in [6.07, 6.45) is 0.594. The van der Waals surface area contributed by atoms with Gasteiger partial charge >= 0.3 is 0 Å². The first-order valence-electron chi connectivity index (χ1n) is 9.04. The molecule has 0 aliphatic rings. The summed E-state index contributed by atoms with van der Waals surface area (Å²) in [5, 5.41) is 6.59. The lowest BCUT2D eigenvalue weighted by molar-refractivity contribution is 0.288. The highest BCUT2D eigenvalue weighted by Crippen LogP contribution is 2.27. The van der Waals surface area contributed by atoms with Gasteiger partial charge in [-0.1, -0.05) is 36.4 Å². The van der Waals surface area contributed by atoms with E-state index in [0.29, 0.717) is 31.0 Å². The molecule has 0 saturated carbocycles. The van der Waals surface area contributed by atoms with E-state index in [1.165, 1.54) is 6.07 Å². The van der Waals surface area contributed by atoms with E-state index in [1.807, 2.05) is 38.4 Å². The molecule has 0 bridgehead atoms. The summed E-state index contributed by atoms with van der Waals surface area (Å²) in [7, 11) is 7.48. The summed E-state index contributed by atoms with van der Waals surface area (Å²) in [4.78, 5) is 6.40. The highest BCUT2D eigenvalue weighted by Gasteiger charge is 2.18. The Hall–Kier alpha value is -2.60. The molecule has 1 unspecified atom stereocenters. The first kappa shape index (κ1) is 20.7. The minimum atomic E-state index is -0.175. The number of hydrogen-bond acceptors (Lipinski definition) is 3. The largest absolute Gasteiger partial charge is 0.496 e. The van der Waals surface area contributed by atoms with Gasteiger partial charge in [-0.05, 0) is 38.2 Å². The molecule has 0 radical (unpaired) electrons. The van der Waals surface area contributed by atoms with Crippen molar-refractivity contribution in [3.8, 4) is 5.75 Å². The number of guanidine groups is 1. The van der Waals surface area contributed by atoms with Crippen LogP contribution in [0.4, 0.5) is 4.39 Å². The Morgan fingerprint density at radius 3 is 2.48 bits per heavy atom. The van der Waals surface area contributed by atoms with Crippen molar-refractivity contribution in [1.82, 2.24) is 15.5 Å². The molecule has 0 aliphatic carbocycles. The lowest BCUT2D eigenvalue weighted by atomic mass is 10.0. The number of hydrogen-bond donors (Lipinski definition) is 2. The van der Waals surface area contributed by atoms with Gasteiger partial charge in [-0.25, -0.2) is 4.39 Å². The Morgan fingerprint density at radius 2 is 1.81 bits per heavy atom. The van der Waals surface area contributed by atoms with Crippen LogP contribution < -0.4 is 15.4 Å². The Kier molecular flexibility index (Phi) is 8.07. The summed E-state index contributed by atoms with van der Waals surface area (Å²) >= 11 is 0. The zero-order valence-electron chi connectivity index (χ0n) is 16.5. The number of methoxy groups -OCH3 is 1. The van der Waals surface area contributed by atoms with Crippen LogP contribution in [0.15, 0.2) is 53.5 Å². The van der Waals surface area contributed by atoms with Crippen LogP contribution in [0, 0.1) is 5.82 Å². The molecule has 1 atom stereocenters. The third-order valence-corrected chi connectivity index (χ3v) is 4.45. The molecule has 0 aliphatic heterocycles. The van der Waals surface area contributed by atoms with Crippen LogP contribution in [0.2, 0.25) is 0 Å². The number of nitrogens with one attached hydrogen (secondary N) is 2. The van der Waals surface area contributed by atoms with E-state index in [1.54, 1.807) is 26.3 Å². The van der Waals surface area contributed by atoms with Gasteiger partial charge in [0, 0.05) is 25.7 Å². The van der Waals surface area contributed by atoms with Crippen molar-refractivity contribution in [1.29, 1.82) is 0 Å². The molecule has 2 N–H and O–H groups in total. The molecule has 2 aromatic carbocycles. The lowest BCUT2D eigenvalue weighted by Crippen LogP contribution is -2.42.